The Labute approximate surface area is 166 Å². The van der Waals surface area contributed by atoms with Gasteiger partial charge in [-0.05, 0) is 37.1 Å². The maximum Gasteiger partial charge on any atom is 0.244 e. The van der Waals surface area contributed by atoms with E-state index in [0.717, 1.165) is 56.9 Å². The van der Waals surface area contributed by atoms with Gasteiger partial charge in [-0.25, -0.2) is 13.4 Å². The molecule has 0 saturated carbocycles. The normalized spacial score (nSPS) is 19.0. The molecule has 0 radical (unpaired) electrons. The molecule has 0 spiro atoms. The molecule has 2 saturated heterocycles. The summed E-state index contributed by atoms with van der Waals surface area (Å²) in [6, 6.07) is 10.8. The highest BCUT2D eigenvalue weighted by Gasteiger charge is 2.27. The van der Waals surface area contributed by atoms with Crippen molar-refractivity contribution in [2.45, 2.75) is 24.2 Å². The molecule has 0 bridgehead atoms. The van der Waals surface area contributed by atoms with Crippen molar-refractivity contribution >= 4 is 21.5 Å². The first-order valence-electron chi connectivity index (χ1n) is 9.80. The van der Waals surface area contributed by atoms with Crippen LogP contribution in [0.3, 0.4) is 0 Å². The average molecular weight is 403 g/mol. The molecular formula is C20H26N4O3S. The fourth-order valence-corrected chi connectivity index (χ4v) is 5.34. The molecule has 0 amide bonds. The summed E-state index contributed by atoms with van der Waals surface area (Å²) < 4.78 is 27.1. The van der Waals surface area contributed by atoms with Gasteiger partial charge in [0.2, 0.25) is 10.0 Å². The summed E-state index contributed by atoms with van der Waals surface area (Å²) in [4.78, 5) is 9.00. The Morgan fingerprint density at radius 1 is 0.821 bits per heavy atom. The van der Waals surface area contributed by atoms with Gasteiger partial charge in [-0.1, -0.05) is 18.6 Å². The van der Waals surface area contributed by atoms with E-state index in [-0.39, 0.29) is 4.90 Å². The van der Waals surface area contributed by atoms with Crippen molar-refractivity contribution in [3.63, 3.8) is 0 Å². The number of anilines is 2. The number of para-hydroxylation sites is 2. The Kier molecular flexibility index (Phi) is 5.41. The smallest absolute Gasteiger partial charge is 0.244 e. The van der Waals surface area contributed by atoms with E-state index in [1.807, 2.05) is 18.2 Å². The molecule has 1 N–H and O–H groups in total. The van der Waals surface area contributed by atoms with Crippen LogP contribution in [0.25, 0.3) is 0 Å². The van der Waals surface area contributed by atoms with Crippen LogP contribution in [0.15, 0.2) is 47.5 Å². The molecule has 0 unspecified atom stereocenters. The molecule has 2 aliphatic rings. The van der Waals surface area contributed by atoms with Crippen LogP contribution in [0.4, 0.5) is 11.5 Å². The summed E-state index contributed by atoms with van der Waals surface area (Å²) in [5.74, 6) is 1.08. The molecule has 150 valence electrons. The van der Waals surface area contributed by atoms with Gasteiger partial charge >= 0.3 is 0 Å². The number of piperidine rings is 1. The van der Waals surface area contributed by atoms with E-state index in [0.29, 0.717) is 18.8 Å². The maximum atomic E-state index is 12.7. The van der Waals surface area contributed by atoms with Crippen molar-refractivity contribution in [1.29, 1.82) is 0 Å². The molecule has 4 rings (SSSR count). The zero-order valence-electron chi connectivity index (χ0n) is 15.9. The minimum Gasteiger partial charge on any atom is -0.506 e. The van der Waals surface area contributed by atoms with E-state index in [2.05, 4.69) is 14.8 Å². The third-order valence-electron chi connectivity index (χ3n) is 5.50. The molecule has 2 aliphatic heterocycles. The number of hydrogen-bond acceptors (Lipinski definition) is 6. The number of sulfonamides is 1. The molecule has 0 aliphatic carbocycles. The Hall–Kier alpha value is -2.32. The van der Waals surface area contributed by atoms with Gasteiger partial charge in [0.05, 0.1) is 5.69 Å². The summed E-state index contributed by atoms with van der Waals surface area (Å²) in [5.41, 5.74) is 0.845. The number of phenols is 1. The largest absolute Gasteiger partial charge is 0.506 e. The van der Waals surface area contributed by atoms with Crippen LogP contribution in [-0.2, 0) is 10.0 Å². The van der Waals surface area contributed by atoms with E-state index in [1.54, 1.807) is 22.5 Å². The number of rotatable bonds is 4. The summed E-state index contributed by atoms with van der Waals surface area (Å²) in [6.07, 6.45) is 4.42. The number of hydrogen-bond donors (Lipinski definition) is 1. The van der Waals surface area contributed by atoms with Crippen molar-refractivity contribution in [3.8, 4) is 5.75 Å². The van der Waals surface area contributed by atoms with Gasteiger partial charge in [-0.15, -0.1) is 0 Å². The van der Waals surface area contributed by atoms with Crippen molar-refractivity contribution in [2.24, 2.45) is 0 Å². The van der Waals surface area contributed by atoms with Gasteiger partial charge in [0, 0.05) is 45.5 Å². The van der Waals surface area contributed by atoms with Gasteiger partial charge in [0.25, 0.3) is 0 Å². The van der Waals surface area contributed by atoms with Crippen LogP contribution < -0.4 is 9.80 Å². The molecule has 7 nitrogen and oxygen atoms in total. The van der Waals surface area contributed by atoms with Crippen LogP contribution in [0.2, 0.25) is 0 Å². The van der Waals surface area contributed by atoms with E-state index < -0.39 is 10.0 Å². The van der Waals surface area contributed by atoms with E-state index in [1.165, 1.54) is 6.20 Å². The molecular weight excluding hydrogens is 376 g/mol. The Morgan fingerprint density at radius 3 is 2.14 bits per heavy atom. The molecule has 2 fully saturated rings. The third-order valence-corrected chi connectivity index (χ3v) is 7.38. The van der Waals surface area contributed by atoms with Gasteiger partial charge in [-0.3, -0.25) is 0 Å². The zero-order valence-corrected chi connectivity index (χ0v) is 16.7. The van der Waals surface area contributed by atoms with Crippen LogP contribution in [0, 0.1) is 0 Å². The number of benzene rings is 1. The predicted molar refractivity (Wildman–Crippen MR) is 109 cm³/mol. The Balaban J connectivity index is 1.42. The van der Waals surface area contributed by atoms with Crippen LogP contribution in [0.1, 0.15) is 19.3 Å². The number of piperazine rings is 1. The predicted octanol–water partition coefficient (Wildman–Crippen LogP) is 2.29. The lowest BCUT2D eigenvalue weighted by Gasteiger charge is -2.37. The maximum absolute atomic E-state index is 12.7. The van der Waals surface area contributed by atoms with Gasteiger partial charge in [0.15, 0.2) is 0 Å². The van der Waals surface area contributed by atoms with E-state index >= 15 is 0 Å². The minimum atomic E-state index is -3.44. The lowest BCUT2D eigenvalue weighted by Crippen LogP contribution is -2.46. The molecule has 28 heavy (non-hydrogen) atoms. The summed E-state index contributed by atoms with van der Waals surface area (Å²) in [5, 5.41) is 10.0. The van der Waals surface area contributed by atoms with E-state index in [4.69, 9.17) is 0 Å². The first kappa shape index (κ1) is 19.0. The first-order valence-corrected chi connectivity index (χ1v) is 11.2. The third kappa shape index (κ3) is 3.79. The fourth-order valence-electron chi connectivity index (χ4n) is 3.87. The molecule has 1 aromatic carbocycles. The highest BCUT2D eigenvalue weighted by atomic mass is 32.2. The van der Waals surface area contributed by atoms with Gasteiger partial charge in [0.1, 0.15) is 16.5 Å². The second kappa shape index (κ2) is 7.97. The topological polar surface area (TPSA) is 77.0 Å². The Bertz CT molecular complexity index is 903. The van der Waals surface area contributed by atoms with Crippen LogP contribution >= 0.6 is 0 Å². The monoisotopic (exact) mass is 402 g/mol. The standard InChI is InChI=1S/C20H26N4O3S/c25-19-7-3-2-6-18(19)22-12-14-23(15-13-22)20-9-8-17(16-21-20)28(26,27)24-10-4-1-5-11-24/h2-3,6-9,16,25H,1,4-5,10-15H2. The van der Waals surface area contributed by atoms with Crippen molar-refractivity contribution in [1.82, 2.24) is 9.29 Å². The van der Waals surface area contributed by atoms with Crippen molar-refractivity contribution < 1.29 is 13.5 Å². The molecule has 1 aromatic heterocycles. The lowest BCUT2D eigenvalue weighted by molar-refractivity contribution is 0.346. The summed E-state index contributed by atoms with van der Waals surface area (Å²) in [6.45, 7) is 4.26. The summed E-state index contributed by atoms with van der Waals surface area (Å²) in [7, 11) is -3.44. The van der Waals surface area contributed by atoms with Gasteiger partial charge < -0.3 is 14.9 Å². The fraction of sp³-hybridized carbons (Fsp3) is 0.450. The zero-order chi connectivity index (χ0) is 19.6. The second-order valence-electron chi connectivity index (χ2n) is 7.28. The number of aromatic hydroxyl groups is 1. The second-order valence-corrected chi connectivity index (χ2v) is 9.22. The number of phenolic OH excluding ortho intramolecular Hbond substituents is 1. The number of pyridine rings is 1. The number of nitrogens with zero attached hydrogens (tertiary/aromatic N) is 4. The molecule has 0 atom stereocenters. The average Bonchev–Trinajstić information content (AvgIpc) is 2.75. The molecule has 2 aromatic rings. The molecule has 3 heterocycles. The van der Waals surface area contributed by atoms with Gasteiger partial charge in [-0.2, -0.15) is 4.31 Å². The summed E-state index contributed by atoms with van der Waals surface area (Å²) >= 11 is 0. The molecule has 8 heteroatoms. The van der Waals surface area contributed by atoms with E-state index in [9.17, 15) is 13.5 Å². The van der Waals surface area contributed by atoms with Crippen molar-refractivity contribution in [2.75, 3.05) is 49.1 Å². The highest BCUT2D eigenvalue weighted by Crippen LogP contribution is 2.28. The minimum absolute atomic E-state index is 0.269. The first-order chi connectivity index (χ1) is 13.6. The SMILES string of the molecule is O=S(=O)(c1ccc(N2CCN(c3ccccc3O)CC2)nc1)N1CCCCC1. The quantitative estimate of drug-likeness (QED) is 0.846. The lowest BCUT2D eigenvalue weighted by atomic mass is 10.2. The number of aromatic nitrogens is 1. The van der Waals surface area contributed by atoms with Crippen molar-refractivity contribution in [3.05, 3.63) is 42.6 Å². The highest BCUT2D eigenvalue weighted by molar-refractivity contribution is 7.89. The Morgan fingerprint density at radius 2 is 1.50 bits per heavy atom. The van der Waals surface area contributed by atoms with Crippen LogP contribution in [-0.4, -0.2) is 62.1 Å². The van der Waals surface area contributed by atoms with Crippen LogP contribution in [0.5, 0.6) is 5.75 Å².